The maximum absolute atomic E-state index is 10.6. The molecule has 3 rings (SSSR count). The lowest BCUT2D eigenvalue weighted by molar-refractivity contribution is -0.385. The van der Waals surface area contributed by atoms with Crippen LogP contribution in [0.2, 0.25) is 0 Å². The first-order valence-corrected chi connectivity index (χ1v) is 7.36. The summed E-state index contributed by atoms with van der Waals surface area (Å²) in [6, 6.07) is 13.5. The first kappa shape index (κ1) is 14.3. The molecule has 0 bridgehead atoms. The summed E-state index contributed by atoms with van der Waals surface area (Å²) in [5.74, 6) is 1.24. The third-order valence-corrected chi connectivity index (χ3v) is 3.94. The average molecular weight is 298 g/mol. The molecule has 1 N–H and O–H groups in total. The van der Waals surface area contributed by atoms with E-state index in [1.54, 1.807) is 6.07 Å². The summed E-state index contributed by atoms with van der Waals surface area (Å²) >= 11 is 0. The Kier molecular flexibility index (Phi) is 4.18. The number of nitrogens with zero attached hydrogens (tertiary/aromatic N) is 3. The van der Waals surface area contributed by atoms with Crippen LogP contribution in [0, 0.1) is 16.0 Å². The number of hydrogen-bond acceptors (Lipinski definition) is 5. The lowest BCUT2D eigenvalue weighted by atomic mass is 10.1. The Labute approximate surface area is 128 Å². The summed E-state index contributed by atoms with van der Waals surface area (Å²) in [5.41, 5.74) is 1.28. The monoisotopic (exact) mass is 298 g/mol. The van der Waals surface area contributed by atoms with Crippen LogP contribution in [-0.2, 0) is 0 Å². The second-order valence-corrected chi connectivity index (χ2v) is 5.48. The second-order valence-electron chi connectivity index (χ2n) is 5.48. The summed E-state index contributed by atoms with van der Waals surface area (Å²) in [6.07, 6.45) is 2.42. The van der Waals surface area contributed by atoms with Crippen molar-refractivity contribution < 1.29 is 4.92 Å². The molecule has 0 spiro atoms. The van der Waals surface area contributed by atoms with E-state index in [4.69, 9.17) is 0 Å². The number of hydrogen-bond donors (Lipinski definition) is 1. The van der Waals surface area contributed by atoms with E-state index in [-0.39, 0.29) is 5.69 Å². The molecular weight excluding hydrogens is 280 g/mol. The summed E-state index contributed by atoms with van der Waals surface area (Å²) in [6.45, 7) is 2.90. The average Bonchev–Trinajstić information content (AvgIpc) is 3.03. The number of nitro groups is 1. The molecule has 1 aliphatic rings. The quantitative estimate of drug-likeness (QED) is 0.679. The maximum atomic E-state index is 10.6. The molecule has 0 aliphatic carbocycles. The van der Waals surface area contributed by atoms with Crippen LogP contribution in [0.3, 0.4) is 0 Å². The molecule has 0 saturated carbocycles. The Morgan fingerprint density at radius 2 is 2.09 bits per heavy atom. The van der Waals surface area contributed by atoms with Crippen LogP contribution < -0.4 is 10.2 Å². The minimum absolute atomic E-state index is 0.0154. The van der Waals surface area contributed by atoms with Crippen LogP contribution >= 0.6 is 0 Å². The van der Waals surface area contributed by atoms with Crippen molar-refractivity contribution in [2.75, 3.05) is 29.9 Å². The molecule has 1 saturated heterocycles. The zero-order chi connectivity index (χ0) is 15.4. The van der Waals surface area contributed by atoms with Gasteiger partial charge in [-0.05, 0) is 30.5 Å². The van der Waals surface area contributed by atoms with Crippen LogP contribution in [0.25, 0.3) is 0 Å². The van der Waals surface area contributed by atoms with E-state index < -0.39 is 4.92 Å². The fourth-order valence-corrected chi connectivity index (χ4v) is 2.72. The van der Waals surface area contributed by atoms with Crippen LogP contribution in [0.15, 0.2) is 48.7 Å². The fraction of sp³-hybridized carbons (Fsp3) is 0.312. The highest BCUT2D eigenvalue weighted by atomic mass is 16.6. The van der Waals surface area contributed by atoms with E-state index in [2.05, 4.69) is 39.5 Å². The minimum atomic E-state index is -0.439. The van der Waals surface area contributed by atoms with Gasteiger partial charge in [-0.1, -0.05) is 18.2 Å². The number of anilines is 2. The van der Waals surface area contributed by atoms with Gasteiger partial charge in [-0.25, -0.2) is 4.98 Å². The lowest BCUT2D eigenvalue weighted by Gasteiger charge is -2.18. The molecule has 0 radical (unpaired) electrons. The molecule has 6 nitrogen and oxygen atoms in total. The zero-order valence-electron chi connectivity index (χ0n) is 12.2. The second kappa shape index (κ2) is 6.43. The Balaban J connectivity index is 1.51. The van der Waals surface area contributed by atoms with Gasteiger partial charge in [0, 0.05) is 31.4 Å². The molecule has 1 aromatic carbocycles. The van der Waals surface area contributed by atoms with Gasteiger partial charge in [0.25, 0.3) is 5.69 Å². The molecule has 0 unspecified atom stereocenters. The highest BCUT2D eigenvalue weighted by molar-refractivity contribution is 5.47. The summed E-state index contributed by atoms with van der Waals surface area (Å²) in [5, 5.41) is 13.9. The first-order chi connectivity index (χ1) is 10.7. The maximum Gasteiger partial charge on any atom is 0.287 e. The predicted molar refractivity (Wildman–Crippen MR) is 86.1 cm³/mol. The molecule has 114 valence electrons. The molecule has 0 amide bonds. The van der Waals surface area contributed by atoms with Gasteiger partial charge < -0.3 is 10.2 Å². The summed E-state index contributed by atoms with van der Waals surface area (Å²) in [7, 11) is 0. The van der Waals surface area contributed by atoms with Gasteiger partial charge in [0.2, 0.25) is 0 Å². The fourth-order valence-electron chi connectivity index (χ4n) is 2.72. The number of pyridine rings is 1. The molecule has 22 heavy (non-hydrogen) atoms. The van der Waals surface area contributed by atoms with Crippen LogP contribution in [0.4, 0.5) is 17.2 Å². The van der Waals surface area contributed by atoms with Crippen molar-refractivity contribution in [2.45, 2.75) is 6.42 Å². The number of benzene rings is 1. The van der Waals surface area contributed by atoms with E-state index in [1.807, 2.05) is 6.07 Å². The van der Waals surface area contributed by atoms with Gasteiger partial charge in [0.05, 0.1) is 4.92 Å². The smallest absolute Gasteiger partial charge is 0.287 e. The van der Waals surface area contributed by atoms with Gasteiger partial charge >= 0.3 is 0 Å². The van der Waals surface area contributed by atoms with Crippen LogP contribution in [0.1, 0.15) is 6.42 Å². The summed E-state index contributed by atoms with van der Waals surface area (Å²) < 4.78 is 0. The standard InChI is InChI=1S/C16H18N4O2/c21-20(22)15-6-7-16(18-11-15)17-10-13-8-9-19(12-13)14-4-2-1-3-5-14/h1-7,11,13H,8-10,12H2,(H,17,18)/t13-/m1/s1. The third-order valence-electron chi connectivity index (χ3n) is 3.94. The van der Waals surface area contributed by atoms with Crippen molar-refractivity contribution in [3.05, 3.63) is 58.8 Å². The van der Waals surface area contributed by atoms with Gasteiger partial charge in [-0.15, -0.1) is 0 Å². The zero-order valence-corrected chi connectivity index (χ0v) is 12.2. The molecule has 2 heterocycles. The SMILES string of the molecule is O=[N+]([O-])c1ccc(NC[C@H]2CCN(c3ccccc3)C2)nc1. The van der Waals surface area contributed by atoms with Gasteiger partial charge in [0.15, 0.2) is 0 Å². The van der Waals surface area contributed by atoms with Gasteiger partial charge in [-0.3, -0.25) is 10.1 Å². The van der Waals surface area contributed by atoms with Crippen molar-refractivity contribution in [1.82, 2.24) is 4.98 Å². The Hall–Kier alpha value is -2.63. The van der Waals surface area contributed by atoms with Crippen molar-refractivity contribution in [3.63, 3.8) is 0 Å². The third kappa shape index (κ3) is 3.33. The Morgan fingerprint density at radius 3 is 2.77 bits per heavy atom. The van der Waals surface area contributed by atoms with E-state index in [0.717, 1.165) is 26.1 Å². The Bertz CT molecular complexity index is 630. The van der Waals surface area contributed by atoms with Gasteiger partial charge in [-0.2, -0.15) is 0 Å². The normalized spacial score (nSPS) is 17.5. The molecule has 1 atom stereocenters. The highest BCUT2D eigenvalue weighted by Gasteiger charge is 2.22. The number of nitrogens with one attached hydrogen (secondary N) is 1. The molecule has 6 heteroatoms. The molecule has 2 aromatic rings. The van der Waals surface area contributed by atoms with E-state index >= 15 is 0 Å². The van der Waals surface area contributed by atoms with Crippen molar-refractivity contribution in [3.8, 4) is 0 Å². The Morgan fingerprint density at radius 1 is 1.27 bits per heavy atom. The predicted octanol–water partition coefficient (Wildman–Crippen LogP) is 2.93. The van der Waals surface area contributed by atoms with Crippen LogP contribution in [0.5, 0.6) is 0 Å². The van der Waals surface area contributed by atoms with E-state index in [1.165, 1.54) is 18.0 Å². The number of rotatable bonds is 5. The largest absolute Gasteiger partial charge is 0.371 e. The van der Waals surface area contributed by atoms with Crippen molar-refractivity contribution in [1.29, 1.82) is 0 Å². The van der Waals surface area contributed by atoms with E-state index in [9.17, 15) is 10.1 Å². The number of para-hydroxylation sites is 1. The van der Waals surface area contributed by atoms with E-state index in [0.29, 0.717) is 11.7 Å². The summed E-state index contributed by atoms with van der Waals surface area (Å²) in [4.78, 5) is 16.6. The molecular formula is C16H18N4O2. The van der Waals surface area contributed by atoms with Crippen molar-refractivity contribution >= 4 is 17.2 Å². The lowest BCUT2D eigenvalue weighted by Crippen LogP contribution is -2.22. The molecule has 1 fully saturated rings. The van der Waals surface area contributed by atoms with Gasteiger partial charge in [0.1, 0.15) is 12.0 Å². The molecule has 1 aromatic heterocycles. The number of aromatic nitrogens is 1. The topological polar surface area (TPSA) is 71.3 Å². The van der Waals surface area contributed by atoms with Crippen LogP contribution in [-0.4, -0.2) is 29.5 Å². The minimum Gasteiger partial charge on any atom is -0.371 e. The molecule has 1 aliphatic heterocycles. The first-order valence-electron chi connectivity index (χ1n) is 7.36. The van der Waals surface area contributed by atoms with Crippen molar-refractivity contribution in [2.24, 2.45) is 5.92 Å². The highest BCUT2D eigenvalue weighted by Crippen LogP contribution is 2.23.